The van der Waals surface area contributed by atoms with Gasteiger partial charge in [0.1, 0.15) is 5.75 Å². The lowest BCUT2D eigenvalue weighted by atomic mass is 9.83. The minimum absolute atomic E-state index is 0.0964. The van der Waals surface area contributed by atoms with Crippen LogP contribution in [0.5, 0.6) is 5.75 Å². The summed E-state index contributed by atoms with van der Waals surface area (Å²) < 4.78 is 5.39. The van der Waals surface area contributed by atoms with Crippen LogP contribution in [0.15, 0.2) is 48.7 Å². The van der Waals surface area contributed by atoms with Crippen LogP contribution in [-0.4, -0.2) is 23.2 Å². The van der Waals surface area contributed by atoms with E-state index in [1.807, 2.05) is 56.3 Å². The Morgan fingerprint density at radius 3 is 2.78 bits per heavy atom. The minimum atomic E-state index is -0.727. The maximum Gasteiger partial charge on any atom is 0.234 e. The van der Waals surface area contributed by atoms with Crippen LogP contribution in [-0.2, 0) is 10.2 Å². The van der Waals surface area contributed by atoms with E-state index in [2.05, 4.69) is 15.5 Å². The number of ether oxygens (including phenoxy) is 1. The molecule has 5 nitrogen and oxygen atoms in total. The molecule has 0 bridgehead atoms. The number of nitrogens with one attached hydrogen (secondary N) is 2. The van der Waals surface area contributed by atoms with Crippen molar-refractivity contribution in [2.24, 2.45) is 0 Å². The molecule has 5 heteroatoms. The Kier molecular flexibility index (Phi) is 3.78. The molecule has 0 atom stereocenters. The lowest BCUT2D eigenvalue weighted by Crippen LogP contribution is -2.35. The highest BCUT2D eigenvalue weighted by atomic mass is 16.5. The summed E-state index contributed by atoms with van der Waals surface area (Å²) in [6, 6.07) is 13.2. The monoisotopic (exact) mass is 309 g/mol. The maximum atomic E-state index is 12.8. The molecular weight excluding hydrogens is 290 g/mol. The first kappa shape index (κ1) is 15.1. The number of aromatic nitrogens is 2. The average molecular weight is 309 g/mol. The molecule has 0 unspecified atom stereocenters. The normalized spacial score (nSPS) is 11.4. The van der Waals surface area contributed by atoms with Gasteiger partial charge in [-0.1, -0.05) is 18.2 Å². The molecule has 2 aromatic carbocycles. The number of amides is 1. The molecule has 0 aliphatic rings. The van der Waals surface area contributed by atoms with Crippen molar-refractivity contribution in [3.63, 3.8) is 0 Å². The van der Waals surface area contributed by atoms with E-state index >= 15 is 0 Å². The summed E-state index contributed by atoms with van der Waals surface area (Å²) in [4.78, 5) is 12.8. The van der Waals surface area contributed by atoms with Crippen LogP contribution in [0.25, 0.3) is 10.9 Å². The van der Waals surface area contributed by atoms with Crippen LogP contribution < -0.4 is 10.1 Å². The lowest BCUT2D eigenvalue weighted by Gasteiger charge is -2.26. The number of nitrogens with zero attached hydrogens (tertiary/aromatic N) is 1. The van der Waals surface area contributed by atoms with Gasteiger partial charge in [-0.3, -0.25) is 9.89 Å². The largest absolute Gasteiger partial charge is 0.496 e. The first-order chi connectivity index (χ1) is 11.0. The third kappa shape index (κ3) is 2.77. The quantitative estimate of drug-likeness (QED) is 0.775. The van der Waals surface area contributed by atoms with Crippen LogP contribution in [0.1, 0.15) is 19.4 Å². The molecule has 3 rings (SSSR count). The highest BCUT2D eigenvalue weighted by Crippen LogP contribution is 2.32. The Hall–Kier alpha value is -2.82. The molecule has 23 heavy (non-hydrogen) atoms. The number of carbonyl (C=O) groups is 1. The fourth-order valence-corrected chi connectivity index (χ4v) is 2.59. The van der Waals surface area contributed by atoms with Gasteiger partial charge in [-0.25, -0.2) is 0 Å². The van der Waals surface area contributed by atoms with Gasteiger partial charge in [0.05, 0.1) is 24.2 Å². The summed E-state index contributed by atoms with van der Waals surface area (Å²) in [6.07, 6.45) is 1.75. The molecule has 0 saturated heterocycles. The number of methoxy groups -OCH3 is 1. The number of carbonyl (C=O) groups excluding carboxylic acids is 1. The van der Waals surface area contributed by atoms with Gasteiger partial charge in [-0.05, 0) is 38.1 Å². The second kappa shape index (κ2) is 5.76. The van der Waals surface area contributed by atoms with Crippen molar-refractivity contribution < 1.29 is 9.53 Å². The van der Waals surface area contributed by atoms with E-state index in [0.717, 1.165) is 22.2 Å². The van der Waals surface area contributed by atoms with Gasteiger partial charge in [0.2, 0.25) is 5.91 Å². The molecule has 1 heterocycles. The second-order valence-electron chi connectivity index (χ2n) is 5.95. The van der Waals surface area contributed by atoms with Gasteiger partial charge in [-0.2, -0.15) is 5.10 Å². The number of para-hydroxylation sites is 1. The summed E-state index contributed by atoms with van der Waals surface area (Å²) in [7, 11) is 1.61. The van der Waals surface area contributed by atoms with E-state index in [-0.39, 0.29) is 5.91 Å². The third-order valence-corrected chi connectivity index (χ3v) is 4.05. The fourth-order valence-electron chi connectivity index (χ4n) is 2.59. The third-order valence-electron chi connectivity index (χ3n) is 4.05. The molecule has 3 aromatic rings. The standard InChI is InChI=1S/C18H19N3O2/c1-18(2,14-6-4-5-7-16(14)23-3)17(22)20-13-9-8-12-11-19-21-15(12)10-13/h4-11H,1-3H3,(H,19,21)(H,20,22). The van der Waals surface area contributed by atoms with Crippen molar-refractivity contribution in [3.05, 3.63) is 54.2 Å². The van der Waals surface area contributed by atoms with Gasteiger partial charge in [0.25, 0.3) is 0 Å². The zero-order valence-corrected chi connectivity index (χ0v) is 13.4. The van der Waals surface area contributed by atoms with Crippen molar-refractivity contribution in [2.45, 2.75) is 19.3 Å². The molecule has 0 fully saturated rings. The van der Waals surface area contributed by atoms with E-state index in [0.29, 0.717) is 5.75 Å². The number of anilines is 1. The Bertz CT molecular complexity index is 852. The average Bonchev–Trinajstić information content (AvgIpc) is 3.02. The lowest BCUT2D eigenvalue weighted by molar-refractivity contribution is -0.120. The smallest absolute Gasteiger partial charge is 0.234 e. The van der Waals surface area contributed by atoms with Crippen molar-refractivity contribution in [1.29, 1.82) is 0 Å². The van der Waals surface area contributed by atoms with Crippen molar-refractivity contribution in [1.82, 2.24) is 10.2 Å². The highest BCUT2D eigenvalue weighted by molar-refractivity contribution is 6.00. The molecule has 0 aliphatic heterocycles. The van der Waals surface area contributed by atoms with Crippen molar-refractivity contribution in [2.75, 3.05) is 12.4 Å². The minimum Gasteiger partial charge on any atom is -0.496 e. The number of aromatic amines is 1. The van der Waals surface area contributed by atoms with Gasteiger partial charge < -0.3 is 10.1 Å². The number of H-pyrrole nitrogens is 1. The predicted octanol–water partition coefficient (Wildman–Crippen LogP) is 3.49. The zero-order chi connectivity index (χ0) is 16.4. The van der Waals surface area contributed by atoms with Crippen LogP contribution in [0, 0.1) is 0 Å². The van der Waals surface area contributed by atoms with Gasteiger partial charge >= 0.3 is 0 Å². The molecule has 2 N–H and O–H groups in total. The predicted molar refractivity (Wildman–Crippen MR) is 90.7 cm³/mol. The molecular formula is C18H19N3O2. The highest BCUT2D eigenvalue weighted by Gasteiger charge is 2.32. The van der Waals surface area contributed by atoms with Crippen LogP contribution >= 0.6 is 0 Å². The summed E-state index contributed by atoms with van der Waals surface area (Å²) in [6.45, 7) is 3.77. The Labute approximate surface area is 134 Å². The molecule has 118 valence electrons. The van der Waals surface area contributed by atoms with E-state index < -0.39 is 5.41 Å². The van der Waals surface area contributed by atoms with E-state index in [4.69, 9.17) is 4.74 Å². The fraction of sp³-hybridized carbons (Fsp3) is 0.222. The van der Waals surface area contributed by atoms with E-state index in [9.17, 15) is 4.79 Å². The number of hydrogen-bond acceptors (Lipinski definition) is 3. The van der Waals surface area contributed by atoms with Gasteiger partial charge in [0, 0.05) is 16.6 Å². The Morgan fingerprint density at radius 2 is 2.00 bits per heavy atom. The Balaban J connectivity index is 1.88. The number of benzene rings is 2. The summed E-state index contributed by atoms with van der Waals surface area (Å²) in [5, 5.41) is 10.9. The van der Waals surface area contributed by atoms with Gasteiger partial charge in [-0.15, -0.1) is 0 Å². The SMILES string of the molecule is COc1ccccc1C(C)(C)C(=O)Nc1ccc2cn[nH]c2c1. The van der Waals surface area contributed by atoms with Gasteiger partial charge in [0.15, 0.2) is 0 Å². The summed E-state index contributed by atoms with van der Waals surface area (Å²) >= 11 is 0. The first-order valence-electron chi connectivity index (χ1n) is 7.40. The van der Waals surface area contributed by atoms with Crippen molar-refractivity contribution in [3.8, 4) is 5.75 Å². The van der Waals surface area contributed by atoms with Crippen LogP contribution in [0.3, 0.4) is 0 Å². The molecule has 0 aliphatic carbocycles. The van der Waals surface area contributed by atoms with Crippen LogP contribution in [0.4, 0.5) is 5.69 Å². The molecule has 0 radical (unpaired) electrons. The summed E-state index contributed by atoms with van der Waals surface area (Å²) in [5.74, 6) is 0.609. The number of fused-ring (bicyclic) bond motifs is 1. The number of hydrogen-bond donors (Lipinski definition) is 2. The first-order valence-corrected chi connectivity index (χ1v) is 7.40. The molecule has 1 amide bonds. The molecule has 0 saturated carbocycles. The summed E-state index contributed by atoms with van der Waals surface area (Å²) in [5.41, 5.74) is 1.74. The maximum absolute atomic E-state index is 12.8. The molecule has 1 aromatic heterocycles. The molecule has 0 spiro atoms. The zero-order valence-electron chi connectivity index (χ0n) is 13.4. The number of rotatable bonds is 4. The second-order valence-corrected chi connectivity index (χ2v) is 5.95. The van der Waals surface area contributed by atoms with E-state index in [1.165, 1.54) is 0 Å². The Morgan fingerprint density at radius 1 is 1.22 bits per heavy atom. The van der Waals surface area contributed by atoms with Crippen molar-refractivity contribution >= 4 is 22.5 Å². The topological polar surface area (TPSA) is 67.0 Å². The van der Waals surface area contributed by atoms with Crippen LogP contribution in [0.2, 0.25) is 0 Å². The van der Waals surface area contributed by atoms with E-state index in [1.54, 1.807) is 13.3 Å².